The highest BCUT2D eigenvalue weighted by atomic mass is 127. The lowest BCUT2D eigenvalue weighted by molar-refractivity contribution is 0.0242. The van der Waals surface area contributed by atoms with Crippen LogP contribution in [-0.4, -0.2) is 70.1 Å². The second kappa shape index (κ2) is 10.7. The van der Waals surface area contributed by atoms with Gasteiger partial charge in [0, 0.05) is 32.8 Å². The van der Waals surface area contributed by atoms with Crippen LogP contribution in [0, 0.1) is 6.92 Å². The zero-order valence-corrected chi connectivity index (χ0v) is 20.0. The number of hydrogen-bond donors (Lipinski definition) is 2. The Hall–Kier alpha value is -0.940. The summed E-state index contributed by atoms with van der Waals surface area (Å²) in [6.45, 7) is 11.7. The third-order valence-corrected chi connectivity index (χ3v) is 5.90. The highest BCUT2D eigenvalue weighted by molar-refractivity contribution is 14.0. The summed E-state index contributed by atoms with van der Waals surface area (Å²) in [5.74, 6) is 2.60. The van der Waals surface area contributed by atoms with E-state index < -0.39 is 0 Å². The van der Waals surface area contributed by atoms with Crippen LogP contribution in [0.25, 0.3) is 0 Å². The predicted octanol–water partition coefficient (Wildman–Crippen LogP) is 1.83. The maximum atomic E-state index is 5.91. The smallest absolute Gasteiger partial charge is 0.191 e. The number of ether oxygens (including phenoxy) is 1. The summed E-state index contributed by atoms with van der Waals surface area (Å²) < 4.78 is 7.89. The first-order valence-corrected chi connectivity index (χ1v) is 10.3. The first-order chi connectivity index (χ1) is 13.0. The van der Waals surface area contributed by atoms with Gasteiger partial charge >= 0.3 is 0 Å². The molecule has 2 saturated heterocycles. The average Bonchev–Trinajstić information content (AvgIpc) is 3.37. The summed E-state index contributed by atoms with van der Waals surface area (Å²) in [6, 6.07) is 0.581. The number of aliphatic imine (C=N–C) groups is 1. The molecule has 28 heavy (non-hydrogen) atoms. The van der Waals surface area contributed by atoms with E-state index in [-0.39, 0.29) is 29.6 Å². The molecule has 1 aromatic rings. The molecule has 3 rings (SSSR count). The van der Waals surface area contributed by atoms with Gasteiger partial charge in [0.2, 0.25) is 0 Å². The van der Waals surface area contributed by atoms with Gasteiger partial charge in [0.1, 0.15) is 12.4 Å². The minimum absolute atomic E-state index is 0. The van der Waals surface area contributed by atoms with Gasteiger partial charge < -0.3 is 19.9 Å². The fourth-order valence-corrected chi connectivity index (χ4v) is 3.92. The topological polar surface area (TPSA) is 79.6 Å². The summed E-state index contributed by atoms with van der Waals surface area (Å²) in [5.41, 5.74) is -0.105. The Morgan fingerprint density at radius 2 is 2.14 bits per heavy atom. The maximum Gasteiger partial charge on any atom is 0.191 e. The molecule has 2 fully saturated rings. The molecule has 8 nitrogen and oxygen atoms in total. The predicted molar refractivity (Wildman–Crippen MR) is 122 cm³/mol. The molecule has 0 aliphatic carbocycles. The van der Waals surface area contributed by atoms with Crippen LogP contribution in [-0.2, 0) is 18.3 Å². The first kappa shape index (κ1) is 23.3. The van der Waals surface area contributed by atoms with Crippen molar-refractivity contribution in [2.45, 2.75) is 64.6 Å². The molecule has 2 aliphatic heterocycles. The SMILES string of the molecule is CCN1CCCC1CNC(=NCc1nnc(C)n1C)NCC1(C)CCCO1.I. The van der Waals surface area contributed by atoms with Crippen LogP contribution >= 0.6 is 24.0 Å². The summed E-state index contributed by atoms with van der Waals surface area (Å²) in [7, 11) is 1.98. The van der Waals surface area contributed by atoms with Crippen molar-refractivity contribution in [1.29, 1.82) is 0 Å². The number of likely N-dealkylation sites (N-methyl/N-ethyl adjacent to an activating group) is 1. The Morgan fingerprint density at radius 1 is 1.32 bits per heavy atom. The molecule has 0 bridgehead atoms. The number of halogens is 1. The summed E-state index contributed by atoms with van der Waals surface area (Å²) in [6.07, 6.45) is 4.74. The van der Waals surface area contributed by atoms with Crippen LogP contribution in [0.5, 0.6) is 0 Å². The second-order valence-electron chi connectivity index (χ2n) is 7.95. The zero-order chi connectivity index (χ0) is 19.3. The van der Waals surface area contributed by atoms with E-state index in [0.717, 1.165) is 56.7 Å². The van der Waals surface area contributed by atoms with Crippen molar-refractivity contribution in [3.63, 3.8) is 0 Å². The normalized spacial score (nSPS) is 25.7. The van der Waals surface area contributed by atoms with Crippen molar-refractivity contribution in [2.24, 2.45) is 12.0 Å². The van der Waals surface area contributed by atoms with Gasteiger partial charge in [0.25, 0.3) is 0 Å². The molecule has 160 valence electrons. The number of likely N-dealkylation sites (tertiary alicyclic amines) is 1. The van der Waals surface area contributed by atoms with E-state index >= 15 is 0 Å². The molecule has 0 amide bonds. The molecular weight excluding hydrogens is 469 g/mol. The quantitative estimate of drug-likeness (QED) is 0.335. The highest BCUT2D eigenvalue weighted by Crippen LogP contribution is 2.23. The number of nitrogens with one attached hydrogen (secondary N) is 2. The third kappa shape index (κ3) is 6.03. The number of nitrogens with zero attached hydrogens (tertiary/aromatic N) is 5. The zero-order valence-electron chi connectivity index (χ0n) is 17.7. The van der Waals surface area contributed by atoms with E-state index in [1.165, 1.54) is 19.4 Å². The summed E-state index contributed by atoms with van der Waals surface area (Å²) >= 11 is 0. The number of aryl methyl sites for hydroxylation is 1. The monoisotopic (exact) mass is 505 g/mol. The second-order valence-corrected chi connectivity index (χ2v) is 7.95. The lowest BCUT2D eigenvalue weighted by Gasteiger charge is -2.27. The van der Waals surface area contributed by atoms with Gasteiger partial charge in [-0.25, -0.2) is 4.99 Å². The fraction of sp³-hybridized carbons (Fsp3) is 0.842. The van der Waals surface area contributed by atoms with Crippen LogP contribution in [0.4, 0.5) is 0 Å². The Bertz CT molecular complexity index is 642. The number of aromatic nitrogens is 3. The Labute approximate surface area is 185 Å². The first-order valence-electron chi connectivity index (χ1n) is 10.3. The average molecular weight is 505 g/mol. The molecule has 2 atom stereocenters. The van der Waals surface area contributed by atoms with Crippen LogP contribution in [0.2, 0.25) is 0 Å². The maximum absolute atomic E-state index is 5.91. The molecule has 3 heterocycles. The lowest BCUT2D eigenvalue weighted by atomic mass is 10.0. The van der Waals surface area contributed by atoms with Gasteiger partial charge in [0.15, 0.2) is 11.8 Å². The largest absolute Gasteiger partial charge is 0.373 e. The Morgan fingerprint density at radius 3 is 2.79 bits per heavy atom. The van der Waals surface area contributed by atoms with Gasteiger partial charge in [-0.2, -0.15) is 0 Å². The van der Waals surface area contributed by atoms with Gasteiger partial charge in [-0.3, -0.25) is 4.90 Å². The van der Waals surface area contributed by atoms with E-state index in [9.17, 15) is 0 Å². The van der Waals surface area contributed by atoms with Crippen LogP contribution < -0.4 is 10.6 Å². The van der Waals surface area contributed by atoms with Crippen molar-refractivity contribution < 1.29 is 4.74 Å². The molecule has 0 aromatic carbocycles. The molecule has 0 spiro atoms. The number of rotatable bonds is 7. The fourth-order valence-electron chi connectivity index (χ4n) is 3.92. The minimum atomic E-state index is -0.105. The molecule has 9 heteroatoms. The van der Waals surface area contributed by atoms with E-state index in [1.54, 1.807) is 0 Å². The van der Waals surface area contributed by atoms with Gasteiger partial charge in [-0.1, -0.05) is 6.92 Å². The lowest BCUT2D eigenvalue weighted by Crippen LogP contribution is -2.48. The van der Waals surface area contributed by atoms with E-state index in [4.69, 9.17) is 9.73 Å². The van der Waals surface area contributed by atoms with E-state index in [0.29, 0.717) is 12.6 Å². The van der Waals surface area contributed by atoms with Crippen molar-refractivity contribution in [3.05, 3.63) is 11.6 Å². The molecule has 1 aromatic heterocycles. The van der Waals surface area contributed by atoms with Crippen LogP contribution in [0.3, 0.4) is 0 Å². The van der Waals surface area contributed by atoms with Crippen molar-refractivity contribution >= 4 is 29.9 Å². The molecule has 2 aliphatic rings. The molecular formula is C19H36IN7O. The molecule has 2 N–H and O–H groups in total. The third-order valence-electron chi connectivity index (χ3n) is 5.90. The van der Waals surface area contributed by atoms with Crippen molar-refractivity contribution in [1.82, 2.24) is 30.3 Å². The van der Waals surface area contributed by atoms with Gasteiger partial charge in [-0.15, -0.1) is 34.2 Å². The van der Waals surface area contributed by atoms with Gasteiger partial charge in [0.05, 0.1) is 5.60 Å². The van der Waals surface area contributed by atoms with Gasteiger partial charge in [-0.05, 0) is 52.6 Å². The van der Waals surface area contributed by atoms with Crippen LogP contribution in [0.1, 0.15) is 51.2 Å². The Kier molecular flexibility index (Phi) is 8.94. The summed E-state index contributed by atoms with van der Waals surface area (Å²) in [5, 5.41) is 15.4. The van der Waals surface area contributed by atoms with E-state index in [1.807, 2.05) is 18.5 Å². The molecule has 2 unspecified atom stereocenters. The van der Waals surface area contributed by atoms with Crippen molar-refractivity contribution in [2.75, 3.05) is 32.8 Å². The Balaban J connectivity index is 0.00000280. The highest BCUT2D eigenvalue weighted by Gasteiger charge is 2.30. The summed E-state index contributed by atoms with van der Waals surface area (Å²) in [4.78, 5) is 7.31. The van der Waals surface area contributed by atoms with E-state index in [2.05, 4.69) is 39.6 Å². The molecule has 0 saturated carbocycles. The number of guanidine groups is 1. The molecule has 0 radical (unpaired) electrons. The number of hydrogen-bond acceptors (Lipinski definition) is 5. The van der Waals surface area contributed by atoms with Crippen molar-refractivity contribution in [3.8, 4) is 0 Å². The van der Waals surface area contributed by atoms with Crippen LogP contribution in [0.15, 0.2) is 4.99 Å². The standard InChI is InChI=1S/C19H35N7O.HI/c1-5-26-10-6-8-16(26)12-20-18(22-14-19(3)9-7-11-27-19)21-13-17-24-23-15(2)25(17)4;/h16H,5-14H2,1-4H3,(H2,20,21,22);1H. The minimum Gasteiger partial charge on any atom is -0.373 e.